The van der Waals surface area contributed by atoms with Crippen molar-refractivity contribution in [1.82, 2.24) is 4.90 Å². The van der Waals surface area contributed by atoms with Crippen LogP contribution in [0.2, 0.25) is 0 Å². The summed E-state index contributed by atoms with van der Waals surface area (Å²) in [5, 5.41) is 0. The van der Waals surface area contributed by atoms with Gasteiger partial charge in [-0.05, 0) is 17.8 Å². The monoisotopic (exact) mass is 240 g/mol. The Balaban J connectivity index is 4.06. The lowest BCUT2D eigenvalue weighted by Crippen LogP contribution is -2.36. The van der Waals surface area contributed by atoms with Crippen molar-refractivity contribution in [1.29, 1.82) is 0 Å². The normalized spacial score (nSPS) is 13.2. The fourth-order valence-electron chi connectivity index (χ4n) is 1.90. The summed E-state index contributed by atoms with van der Waals surface area (Å²) in [6.45, 7) is 18.0. The van der Waals surface area contributed by atoms with Crippen molar-refractivity contribution in [2.75, 3.05) is 26.2 Å². The van der Waals surface area contributed by atoms with Crippen LogP contribution in [-0.4, -0.2) is 37.3 Å². The second-order valence-corrected chi connectivity index (χ2v) is 6.59. The molecule has 0 aromatic rings. The molecule has 0 fully saturated rings. The minimum atomic E-state index is 0.367. The first-order valence-electron chi connectivity index (χ1n) is 7.05. The Morgan fingerprint density at radius 3 is 2.35 bits per heavy atom. The molecule has 0 aromatic heterocycles. The van der Waals surface area contributed by atoms with Gasteiger partial charge in [0.2, 0.25) is 0 Å². The number of aliphatic imine (C=N–C) groups is 1. The summed E-state index contributed by atoms with van der Waals surface area (Å²) in [7, 11) is 0. The van der Waals surface area contributed by atoms with Crippen LogP contribution in [-0.2, 0) is 0 Å². The van der Waals surface area contributed by atoms with E-state index in [2.05, 4.69) is 57.6 Å². The molecule has 0 saturated heterocycles. The molecule has 17 heavy (non-hydrogen) atoms. The van der Waals surface area contributed by atoms with Gasteiger partial charge in [-0.15, -0.1) is 0 Å². The quantitative estimate of drug-likeness (QED) is 0.464. The van der Waals surface area contributed by atoms with Crippen molar-refractivity contribution < 1.29 is 0 Å². The topological polar surface area (TPSA) is 15.6 Å². The van der Waals surface area contributed by atoms with Crippen molar-refractivity contribution in [2.24, 2.45) is 16.3 Å². The maximum atomic E-state index is 4.47. The standard InChI is InChI=1S/C15H32N2/c1-7-8-9-16-10-11-17(12-14(2)3)13-15(4,5)6/h10,14H,7-9,11-13H2,1-6H3. The molecule has 0 unspecified atom stereocenters. The van der Waals surface area contributed by atoms with Crippen molar-refractivity contribution in [3.8, 4) is 0 Å². The second kappa shape index (κ2) is 8.68. The average Bonchev–Trinajstić information content (AvgIpc) is 2.13. The molecule has 2 nitrogen and oxygen atoms in total. The molecular formula is C15H32N2. The van der Waals surface area contributed by atoms with Gasteiger partial charge in [-0.3, -0.25) is 9.89 Å². The van der Waals surface area contributed by atoms with Crippen LogP contribution in [0.3, 0.4) is 0 Å². The van der Waals surface area contributed by atoms with Gasteiger partial charge in [0, 0.05) is 32.4 Å². The molecule has 0 spiro atoms. The molecule has 0 bridgehead atoms. The average molecular weight is 240 g/mol. The summed E-state index contributed by atoms with van der Waals surface area (Å²) in [5.41, 5.74) is 0.367. The minimum Gasteiger partial charge on any atom is -0.297 e. The summed E-state index contributed by atoms with van der Waals surface area (Å²) in [6, 6.07) is 0. The third-order valence-electron chi connectivity index (χ3n) is 2.43. The Morgan fingerprint density at radius 2 is 1.88 bits per heavy atom. The zero-order valence-corrected chi connectivity index (χ0v) is 12.8. The van der Waals surface area contributed by atoms with Gasteiger partial charge in [0.05, 0.1) is 0 Å². The molecule has 0 aliphatic rings. The SMILES string of the molecule is CCCCN=CCN(CC(C)C)CC(C)(C)C. The Hall–Kier alpha value is -0.370. The van der Waals surface area contributed by atoms with Gasteiger partial charge in [0.25, 0.3) is 0 Å². The second-order valence-electron chi connectivity index (χ2n) is 6.59. The number of hydrogen-bond donors (Lipinski definition) is 0. The van der Waals surface area contributed by atoms with Gasteiger partial charge in [0.1, 0.15) is 0 Å². The van der Waals surface area contributed by atoms with E-state index in [-0.39, 0.29) is 0 Å². The first-order valence-corrected chi connectivity index (χ1v) is 7.05. The minimum absolute atomic E-state index is 0.367. The van der Waals surface area contributed by atoms with E-state index in [1.807, 2.05) is 0 Å². The fraction of sp³-hybridized carbons (Fsp3) is 0.933. The van der Waals surface area contributed by atoms with E-state index in [1.165, 1.54) is 12.8 Å². The largest absolute Gasteiger partial charge is 0.297 e. The highest BCUT2D eigenvalue weighted by Crippen LogP contribution is 2.15. The van der Waals surface area contributed by atoms with Crippen LogP contribution in [0.1, 0.15) is 54.4 Å². The van der Waals surface area contributed by atoms with Gasteiger partial charge >= 0.3 is 0 Å². The van der Waals surface area contributed by atoms with E-state index in [0.717, 1.165) is 32.1 Å². The Morgan fingerprint density at radius 1 is 1.24 bits per heavy atom. The number of hydrogen-bond acceptors (Lipinski definition) is 2. The van der Waals surface area contributed by atoms with Crippen molar-refractivity contribution in [3.63, 3.8) is 0 Å². The van der Waals surface area contributed by atoms with E-state index < -0.39 is 0 Å². The van der Waals surface area contributed by atoms with Gasteiger partial charge < -0.3 is 0 Å². The molecule has 0 heterocycles. The smallest absolute Gasteiger partial charge is 0.0385 e. The molecule has 0 radical (unpaired) electrons. The Bertz CT molecular complexity index is 201. The zero-order valence-electron chi connectivity index (χ0n) is 12.8. The van der Waals surface area contributed by atoms with Gasteiger partial charge in [-0.25, -0.2) is 0 Å². The van der Waals surface area contributed by atoms with Crippen LogP contribution in [0.4, 0.5) is 0 Å². The number of unbranched alkanes of at least 4 members (excludes halogenated alkanes) is 1. The first-order chi connectivity index (χ1) is 7.85. The molecule has 0 aliphatic carbocycles. The van der Waals surface area contributed by atoms with Crippen LogP contribution in [0.15, 0.2) is 4.99 Å². The summed E-state index contributed by atoms with van der Waals surface area (Å²) < 4.78 is 0. The Kier molecular flexibility index (Phi) is 8.49. The summed E-state index contributed by atoms with van der Waals surface area (Å²) in [6.07, 6.45) is 4.54. The van der Waals surface area contributed by atoms with Crippen molar-refractivity contribution in [2.45, 2.75) is 54.4 Å². The Labute approximate surface area is 109 Å². The highest BCUT2D eigenvalue weighted by atomic mass is 15.1. The van der Waals surface area contributed by atoms with E-state index in [9.17, 15) is 0 Å². The molecule has 0 rings (SSSR count). The van der Waals surface area contributed by atoms with Crippen LogP contribution >= 0.6 is 0 Å². The predicted molar refractivity (Wildman–Crippen MR) is 79.0 cm³/mol. The van der Waals surface area contributed by atoms with E-state index >= 15 is 0 Å². The maximum absolute atomic E-state index is 4.47. The molecule has 0 amide bonds. The third kappa shape index (κ3) is 11.9. The lowest BCUT2D eigenvalue weighted by molar-refractivity contribution is 0.196. The van der Waals surface area contributed by atoms with Crippen LogP contribution < -0.4 is 0 Å². The van der Waals surface area contributed by atoms with E-state index in [1.54, 1.807) is 0 Å². The fourth-order valence-corrected chi connectivity index (χ4v) is 1.90. The first kappa shape index (κ1) is 16.6. The lowest BCUT2D eigenvalue weighted by atomic mass is 9.95. The van der Waals surface area contributed by atoms with Gasteiger partial charge in [0.15, 0.2) is 0 Å². The highest BCUT2D eigenvalue weighted by Gasteiger charge is 2.16. The van der Waals surface area contributed by atoms with Crippen LogP contribution in [0.25, 0.3) is 0 Å². The molecule has 0 saturated carbocycles. The van der Waals surface area contributed by atoms with Gasteiger partial charge in [-0.1, -0.05) is 48.0 Å². The summed E-state index contributed by atoms with van der Waals surface area (Å²) in [5.74, 6) is 0.724. The van der Waals surface area contributed by atoms with E-state index in [0.29, 0.717) is 5.41 Å². The van der Waals surface area contributed by atoms with Crippen LogP contribution in [0, 0.1) is 11.3 Å². The summed E-state index contributed by atoms with van der Waals surface area (Å²) >= 11 is 0. The lowest BCUT2D eigenvalue weighted by Gasteiger charge is -2.30. The molecule has 0 aromatic carbocycles. The van der Waals surface area contributed by atoms with Crippen molar-refractivity contribution >= 4 is 6.21 Å². The number of nitrogens with zero attached hydrogens (tertiary/aromatic N) is 2. The van der Waals surface area contributed by atoms with E-state index in [4.69, 9.17) is 0 Å². The molecule has 0 aliphatic heterocycles. The molecule has 2 heteroatoms. The molecule has 0 atom stereocenters. The predicted octanol–water partition coefficient (Wildman–Crippen LogP) is 3.86. The number of rotatable bonds is 8. The third-order valence-corrected chi connectivity index (χ3v) is 2.43. The molecule has 102 valence electrons. The highest BCUT2D eigenvalue weighted by molar-refractivity contribution is 5.59. The molecular weight excluding hydrogens is 208 g/mol. The molecule has 0 N–H and O–H groups in total. The van der Waals surface area contributed by atoms with Crippen LogP contribution in [0.5, 0.6) is 0 Å². The maximum Gasteiger partial charge on any atom is 0.0385 e. The van der Waals surface area contributed by atoms with Gasteiger partial charge in [-0.2, -0.15) is 0 Å². The van der Waals surface area contributed by atoms with Crippen molar-refractivity contribution in [3.05, 3.63) is 0 Å². The zero-order chi connectivity index (χ0) is 13.3. The summed E-state index contributed by atoms with van der Waals surface area (Å²) in [4.78, 5) is 6.99.